The number of hydrogen-bond acceptors (Lipinski definition) is 3. The molecule has 18 heavy (non-hydrogen) atoms. The number of hydrogen-bond donors (Lipinski definition) is 2. The Kier molecular flexibility index (Phi) is 4.76. The van der Waals surface area contributed by atoms with Crippen LogP contribution in [0, 0.1) is 25.7 Å². The number of rotatable bonds is 4. The molecule has 1 rings (SSSR count). The zero-order chi connectivity index (χ0) is 13.8. The summed E-state index contributed by atoms with van der Waals surface area (Å²) in [7, 11) is -3.55. The summed E-state index contributed by atoms with van der Waals surface area (Å²) < 4.78 is 26.6. The molecule has 0 aliphatic rings. The number of sulfonamides is 1. The molecule has 0 amide bonds. The van der Waals surface area contributed by atoms with E-state index in [9.17, 15) is 8.42 Å². The maximum absolute atomic E-state index is 12.0. The Morgan fingerprint density at radius 3 is 2.50 bits per heavy atom. The Labute approximate surface area is 109 Å². The van der Waals surface area contributed by atoms with Gasteiger partial charge in [-0.3, -0.25) is 0 Å². The molecule has 5 heteroatoms. The van der Waals surface area contributed by atoms with Crippen LogP contribution in [0.1, 0.15) is 24.5 Å². The minimum Gasteiger partial charge on any atom is -0.398 e. The average Bonchev–Trinajstić information content (AvgIpc) is 2.29. The largest absolute Gasteiger partial charge is 0.398 e. The van der Waals surface area contributed by atoms with Crippen LogP contribution in [0.25, 0.3) is 0 Å². The lowest BCUT2D eigenvalue weighted by Gasteiger charge is -2.10. The van der Waals surface area contributed by atoms with E-state index in [1.807, 2.05) is 13.8 Å². The van der Waals surface area contributed by atoms with E-state index < -0.39 is 10.0 Å². The number of nitrogen functional groups attached to an aromatic ring is 1. The van der Waals surface area contributed by atoms with Crippen molar-refractivity contribution in [1.29, 1.82) is 0 Å². The third-order valence-corrected chi connectivity index (χ3v) is 4.15. The van der Waals surface area contributed by atoms with E-state index in [0.29, 0.717) is 6.42 Å². The number of nitrogens with two attached hydrogens (primary N) is 1. The van der Waals surface area contributed by atoms with Gasteiger partial charge in [0.25, 0.3) is 0 Å². The van der Waals surface area contributed by atoms with Crippen LogP contribution in [-0.4, -0.2) is 15.0 Å². The number of benzene rings is 1. The van der Waals surface area contributed by atoms with Gasteiger partial charge in [0.1, 0.15) is 4.90 Å². The van der Waals surface area contributed by atoms with Crippen LogP contribution in [0.4, 0.5) is 5.69 Å². The SMILES string of the molecule is CC#CCCNS(=O)(=O)c1cc(C)c(C)cc1N. The first-order valence-electron chi connectivity index (χ1n) is 5.64. The third kappa shape index (κ3) is 3.49. The van der Waals surface area contributed by atoms with Gasteiger partial charge >= 0.3 is 0 Å². The lowest BCUT2D eigenvalue weighted by atomic mass is 10.1. The first kappa shape index (κ1) is 14.6. The lowest BCUT2D eigenvalue weighted by molar-refractivity contribution is 0.583. The molecule has 0 heterocycles. The van der Waals surface area contributed by atoms with Crippen molar-refractivity contribution in [2.75, 3.05) is 12.3 Å². The first-order chi connectivity index (χ1) is 8.38. The first-order valence-corrected chi connectivity index (χ1v) is 7.13. The van der Waals surface area contributed by atoms with Crippen molar-refractivity contribution in [3.8, 4) is 11.8 Å². The lowest BCUT2D eigenvalue weighted by Crippen LogP contribution is -2.25. The van der Waals surface area contributed by atoms with Crippen molar-refractivity contribution in [3.05, 3.63) is 23.3 Å². The molecule has 0 aliphatic carbocycles. The third-order valence-electron chi connectivity index (χ3n) is 2.63. The van der Waals surface area contributed by atoms with Crippen molar-refractivity contribution in [2.45, 2.75) is 32.1 Å². The van der Waals surface area contributed by atoms with Crippen molar-refractivity contribution >= 4 is 15.7 Å². The van der Waals surface area contributed by atoms with Gasteiger partial charge in [-0.15, -0.1) is 11.8 Å². The van der Waals surface area contributed by atoms with Gasteiger partial charge in [0.15, 0.2) is 0 Å². The van der Waals surface area contributed by atoms with Crippen LogP contribution in [-0.2, 0) is 10.0 Å². The van der Waals surface area contributed by atoms with E-state index >= 15 is 0 Å². The number of anilines is 1. The van der Waals surface area contributed by atoms with Gasteiger partial charge in [-0.25, -0.2) is 13.1 Å². The molecule has 0 unspecified atom stereocenters. The van der Waals surface area contributed by atoms with Gasteiger partial charge in [-0.2, -0.15) is 0 Å². The molecule has 3 N–H and O–H groups in total. The van der Waals surface area contributed by atoms with Gasteiger partial charge in [-0.05, 0) is 44.0 Å². The van der Waals surface area contributed by atoms with Crippen LogP contribution in [0.15, 0.2) is 17.0 Å². The highest BCUT2D eigenvalue weighted by atomic mass is 32.2. The van der Waals surface area contributed by atoms with Crippen molar-refractivity contribution in [2.24, 2.45) is 0 Å². The number of nitrogens with one attached hydrogen (secondary N) is 1. The molecule has 0 atom stereocenters. The van der Waals surface area contributed by atoms with Crippen LogP contribution in [0.5, 0.6) is 0 Å². The van der Waals surface area contributed by atoms with Crippen molar-refractivity contribution < 1.29 is 8.42 Å². The summed E-state index contributed by atoms with van der Waals surface area (Å²) in [5.74, 6) is 5.51. The Balaban J connectivity index is 2.97. The summed E-state index contributed by atoms with van der Waals surface area (Å²) in [6.45, 7) is 5.76. The Hall–Kier alpha value is -1.51. The highest BCUT2D eigenvalue weighted by molar-refractivity contribution is 7.89. The minimum atomic E-state index is -3.55. The molecule has 0 spiro atoms. The second kappa shape index (κ2) is 5.89. The van der Waals surface area contributed by atoms with E-state index in [0.717, 1.165) is 11.1 Å². The maximum atomic E-state index is 12.0. The van der Waals surface area contributed by atoms with Crippen molar-refractivity contribution in [3.63, 3.8) is 0 Å². The smallest absolute Gasteiger partial charge is 0.242 e. The second-order valence-electron chi connectivity index (χ2n) is 4.05. The zero-order valence-corrected chi connectivity index (χ0v) is 11.7. The highest BCUT2D eigenvalue weighted by Gasteiger charge is 2.17. The van der Waals surface area contributed by atoms with Crippen LogP contribution in [0.2, 0.25) is 0 Å². The highest BCUT2D eigenvalue weighted by Crippen LogP contribution is 2.22. The molecule has 0 fully saturated rings. The van der Waals surface area contributed by atoms with Crippen LogP contribution in [0.3, 0.4) is 0 Å². The summed E-state index contributed by atoms with van der Waals surface area (Å²) in [6, 6.07) is 3.27. The summed E-state index contributed by atoms with van der Waals surface area (Å²) in [5.41, 5.74) is 7.91. The molecular formula is C13H18N2O2S. The van der Waals surface area contributed by atoms with Crippen LogP contribution < -0.4 is 10.5 Å². The Bertz CT molecular complexity index is 595. The number of aryl methyl sites for hydroxylation is 2. The minimum absolute atomic E-state index is 0.134. The monoisotopic (exact) mass is 266 g/mol. The van der Waals surface area contributed by atoms with Gasteiger partial charge < -0.3 is 5.73 Å². The van der Waals surface area contributed by atoms with E-state index in [-0.39, 0.29) is 17.1 Å². The van der Waals surface area contributed by atoms with E-state index in [1.165, 1.54) is 0 Å². The standard InChI is InChI=1S/C13H18N2O2S/c1-4-5-6-7-15-18(16,17)13-9-11(3)10(2)8-12(13)14/h8-9,15H,6-7,14H2,1-3H3. The topological polar surface area (TPSA) is 72.2 Å². The summed E-state index contributed by atoms with van der Waals surface area (Å²) in [5, 5.41) is 0. The fraction of sp³-hybridized carbons (Fsp3) is 0.385. The zero-order valence-electron chi connectivity index (χ0n) is 10.9. The van der Waals surface area contributed by atoms with E-state index in [4.69, 9.17) is 5.73 Å². The molecular weight excluding hydrogens is 248 g/mol. The van der Waals surface area contributed by atoms with Crippen molar-refractivity contribution in [1.82, 2.24) is 4.72 Å². The molecule has 0 aromatic heterocycles. The van der Waals surface area contributed by atoms with Crippen LogP contribution >= 0.6 is 0 Å². The predicted molar refractivity (Wildman–Crippen MR) is 73.6 cm³/mol. The fourth-order valence-electron chi connectivity index (χ4n) is 1.50. The molecule has 4 nitrogen and oxygen atoms in total. The Morgan fingerprint density at radius 1 is 1.28 bits per heavy atom. The quantitative estimate of drug-likeness (QED) is 0.494. The normalized spacial score (nSPS) is 10.8. The summed E-state index contributed by atoms with van der Waals surface area (Å²) >= 11 is 0. The molecule has 1 aromatic rings. The van der Waals surface area contributed by atoms with Gasteiger partial charge in [0.2, 0.25) is 10.0 Å². The Morgan fingerprint density at radius 2 is 1.89 bits per heavy atom. The van der Waals surface area contributed by atoms with Gasteiger partial charge in [0.05, 0.1) is 5.69 Å². The van der Waals surface area contributed by atoms with E-state index in [1.54, 1.807) is 19.1 Å². The van der Waals surface area contributed by atoms with Gasteiger partial charge in [0, 0.05) is 13.0 Å². The average molecular weight is 266 g/mol. The predicted octanol–water partition coefficient (Wildman–Crippen LogP) is 1.58. The molecule has 0 saturated carbocycles. The summed E-state index contributed by atoms with van der Waals surface area (Å²) in [4.78, 5) is 0.134. The fourth-order valence-corrected chi connectivity index (χ4v) is 2.72. The molecule has 0 saturated heterocycles. The molecule has 0 radical (unpaired) electrons. The molecule has 98 valence electrons. The van der Waals surface area contributed by atoms with Gasteiger partial charge in [-0.1, -0.05) is 0 Å². The second-order valence-corrected chi connectivity index (χ2v) is 5.78. The maximum Gasteiger partial charge on any atom is 0.242 e. The van der Waals surface area contributed by atoms with E-state index in [2.05, 4.69) is 16.6 Å². The molecule has 0 aliphatic heterocycles. The molecule has 0 bridgehead atoms. The summed E-state index contributed by atoms with van der Waals surface area (Å²) in [6.07, 6.45) is 0.487. The molecule has 1 aromatic carbocycles.